The zero-order valence-electron chi connectivity index (χ0n) is 8.15. The summed E-state index contributed by atoms with van der Waals surface area (Å²) in [6, 6.07) is 2.54. The van der Waals surface area contributed by atoms with E-state index in [-0.39, 0.29) is 5.69 Å². The van der Waals surface area contributed by atoms with Crippen LogP contribution in [-0.2, 0) is 6.18 Å². The summed E-state index contributed by atoms with van der Waals surface area (Å²) in [6.45, 7) is 0. The van der Waals surface area contributed by atoms with E-state index in [0.717, 1.165) is 12.1 Å². The van der Waals surface area contributed by atoms with Crippen molar-refractivity contribution in [3.05, 3.63) is 28.8 Å². The Labute approximate surface area is 94.6 Å². The summed E-state index contributed by atoms with van der Waals surface area (Å²) in [7, 11) is 1.36. The molecule has 0 aliphatic rings. The van der Waals surface area contributed by atoms with Crippen molar-refractivity contribution in [2.24, 2.45) is 0 Å². The van der Waals surface area contributed by atoms with Crippen molar-refractivity contribution >= 4 is 23.3 Å². The first kappa shape index (κ1) is 12.6. The van der Waals surface area contributed by atoms with Crippen LogP contribution in [-0.4, -0.2) is 13.1 Å². The molecule has 0 unspecified atom stereocenters. The van der Waals surface area contributed by atoms with Gasteiger partial charge in [-0.2, -0.15) is 13.2 Å². The second-order valence-electron chi connectivity index (χ2n) is 2.90. The highest BCUT2D eigenvalue weighted by Crippen LogP contribution is 2.36. The largest absolute Gasteiger partial charge is 0.417 e. The third-order valence-corrected chi connectivity index (χ3v) is 2.09. The molecule has 2 amide bonds. The van der Waals surface area contributed by atoms with E-state index in [4.69, 9.17) is 11.6 Å². The van der Waals surface area contributed by atoms with Gasteiger partial charge < -0.3 is 10.6 Å². The van der Waals surface area contributed by atoms with Crippen molar-refractivity contribution in [3.63, 3.8) is 0 Å². The third-order valence-electron chi connectivity index (χ3n) is 1.76. The topological polar surface area (TPSA) is 41.1 Å². The van der Waals surface area contributed by atoms with Crippen molar-refractivity contribution in [1.29, 1.82) is 0 Å². The van der Waals surface area contributed by atoms with Gasteiger partial charge in [0.25, 0.3) is 0 Å². The quantitative estimate of drug-likeness (QED) is 0.792. The molecule has 0 aliphatic carbocycles. The minimum atomic E-state index is -4.54. The van der Waals surface area contributed by atoms with Crippen LogP contribution in [0.25, 0.3) is 0 Å². The van der Waals surface area contributed by atoms with E-state index >= 15 is 0 Å². The Morgan fingerprint density at radius 2 is 2.00 bits per heavy atom. The number of amides is 2. The molecule has 88 valence electrons. The first-order chi connectivity index (χ1) is 7.34. The Morgan fingerprint density at radius 3 is 2.50 bits per heavy atom. The molecule has 0 aromatic heterocycles. The minimum absolute atomic E-state index is 0.0241. The normalized spacial score (nSPS) is 11.1. The summed E-state index contributed by atoms with van der Waals surface area (Å²) in [5.74, 6) is 0. The number of nitrogens with one attached hydrogen (secondary N) is 2. The fourth-order valence-electron chi connectivity index (χ4n) is 1.01. The smallest absolute Gasteiger partial charge is 0.341 e. The Balaban J connectivity index is 3.03. The molecule has 7 heteroatoms. The lowest BCUT2D eigenvalue weighted by atomic mass is 10.2. The Bertz CT molecular complexity index is 406. The summed E-state index contributed by atoms with van der Waals surface area (Å²) in [6.07, 6.45) is -4.54. The van der Waals surface area contributed by atoms with E-state index in [9.17, 15) is 18.0 Å². The molecule has 0 bridgehead atoms. The van der Waals surface area contributed by atoms with Crippen LogP contribution in [0.3, 0.4) is 0 Å². The third kappa shape index (κ3) is 3.03. The van der Waals surface area contributed by atoms with Gasteiger partial charge in [0.15, 0.2) is 0 Å². The number of rotatable bonds is 1. The highest BCUT2D eigenvalue weighted by atomic mass is 35.5. The van der Waals surface area contributed by atoms with Gasteiger partial charge in [0.1, 0.15) is 0 Å². The zero-order valence-corrected chi connectivity index (χ0v) is 8.91. The molecule has 1 rings (SSSR count). The number of carbonyl (C=O) groups excluding carboxylic acids is 1. The van der Waals surface area contributed by atoms with E-state index < -0.39 is 22.8 Å². The van der Waals surface area contributed by atoms with Crippen molar-refractivity contribution < 1.29 is 18.0 Å². The van der Waals surface area contributed by atoms with Crippen LogP contribution in [0.5, 0.6) is 0 Å². The predicted molar refractivity (Wildman–Crippen MR) is 54.5 cm³/mol. The number of urea groups is 1. The highest BCUT2D eigenvalue weighted by Gasteiger charge is 2.33. The van der Waals surface area contributed by atoms with Gasteiger partial charge in [0.05, 0.1) is 10.6 Å². The molecule has 2 N–H and O–H groups in total. The average molecular weight is 253 g/mol. The maximum atomic E-state index is 12.4. The number of anilines is 1. The van der Waals surface area contributed by atoms with Crippen LogP contribution in [0, 0.1) is 0 Å². The summed E-state index contributed by atoms with van der Waals surface area (Å²) >= 11 is 5.40. The Morgan fingerprint density at radius 1 is 1.38 bits per heavy atom. The van der Waals surface area contributed by atoms with Crippen molar-refractivity contribution in [2.45, 2.75) is 6.18 Å². The summed E-state index contributed by atoms with van der Waals surface area (Å²) in [5.41, 5.74) is -0.959. The molecule has 0 heterocycles. The van der Waals surface area contributed by atoms with Crippen molar-refractivity contribution in [3.8, 4) is 0 Å². The van der Waals surface area contributed by atoms with Gasteiger partial charge in [-0.05, 0) is 18.2 Å². The molecule has 0 saturated heterocycles. The molecule has 0 fully saturated rings. The van der Waals surface area contributed by atoms with Gasteiger partial charge in [-0.1, -0.05) is 11.6 Å². The second-order valence-corrected chi connectivity index (χ2v) is 3.30. The molecule has 0 atom stereocenters. The molecule has 3 nitrogen and oxygen atoms in total. The minimum Gasteiger partial charge on any atom is -0.341 e. The second kappa shape index (κ2) is 4.61. The Kier molecular flexibility index (Phi) is 3.64. The van der Waals surface area contributed by atoms with Crippen LogP contribution in [0.4, 0.5) is 23.7 Å². The van der Waals surface area contributed by atoms with Gasteiger partial charge in [0.2, 0.25) is 0 Å². The predicted octanol–water partition coefficient (Wildman–Crippen LogP) is 3.11. The van der Waals surface area contributed by atoms with E-state index in [1.54, 1.807) is 0 Å². The molecule has 1 aromatic carbocycles. The van der Waals surface area contributed by atoms with Crippen LogP contribution in [0.15, 0.2) is 18.2 Å². The summed E-state index contributed by atoms with van der Waals surface area (Å²) < 4.78 is 37.3. The standard InChI is InChI=1S/C9H8ClF3N2O/c1-14-8(16)15-5-2-3-7(10)6(4-5)9(11,12)13/h2-4H,1H3,(H2,14,15,16). The van der Waals surface area contributed by atoms with Crippen LogP contribution in [0.1, 0.15) is 5.56 Å². The van der Waals surface area contributed by atoms with E-state index in [1.807, 2.05) is 0 Å². The molecular formula is C9H8ClF3N2O. The first-order valence-corrected chi connectivity index (χ1v) is 4.58. The number of benzene rings is 1. The first-order valence-electron chi connectivity index (χ1n) is 4.20. The van der Waals surface area contributed by atoms with Crippen molar-refractivity contribution in [2.75, 3.05) is 12.4 Å². The molecule has 0 saturated carbocycles. The van der Waals surface area contributed by atoms with Crippen LogP contribution >= 0.6 is 11.6 Å². The summed E-state index contributed by atoms with van der Waals surface area (Å²) in [4.78, 5) is 10.9. The highest BCUT2D eigenvalue weighted by molar-refractivity contribution is 6.31. The molecule has 1 aromatic rings. The number of hydrogen-bond donors (Lipinski definition) is 2. The summed E-state index contributed by atoms with van der Waals surface area (Å²) in [5, 5.41) is 4.04. The van der Waals surface area contributed by atoms with Crippen molar-refractivity contribution in [1.82, 2.24) is 5.32 Å². The fourth-order valence-corrected chi connectivity index (χ4v) is 1.24. The molecule has 0 aliphatic heterocycles. The molecule has 16 heavy (non-hydrogen) atoms. The number of halogens is 4. The van der Waals surface area contributed by atoms with Gasteiger partial charge in [0, 0.05) is 12.7 Å². The Hall–Kier alpha value is -1.43. The lowest BCUT2D eigenvalue weighted by Gasteiger charge is -2.11. The maximum absolute atomic E-state index is 12.4. The van der Waals surface area contributed by atoms with Gasteiger partial charge in [-0.15, -0.1) is 0 Å². The molecule has 0 radical (unpaired) electrons. The average Bonchev–Trinajstić information content (AvgIpc) is 2.19. The lowest BCUT2D eigenvalue weighted by molar-refractivity contribution is -0.137. The van der Waals surface area contributed by atoms with E-state index in [1.165, 1.54) is 13.1 Å². The molecular weight excluding hydrogens is 245 g/mol. The van der Waals surface area contributed by atoms with Gasteiger partial charge in [-0.3, -0.25) is 0 Å². The number of carbonyl (C=O) groups is 1. The SMILES string of the molecule is CNC(=O)Nc1ccc(Cl)c(C(F)(F)F)c1. The zero-order chi connectivity index (χ0) is 12.3. The monoisotopic (exact) mass is 252 g/mol. The number of hydrogen-bond acceptors (Lipinski definition) is 1. The van der Waals surface area contributed by atoms with E-state index in [0.29, 0.717) is 0 Å². The molecule has 0 spiro atoms. The van der Waals surface area contributed by atoms with Gasteiger partial charge in [-0.25, -0.2) is 4.79 Å². The van der Waals surface area contributed by atoms with Crippen LogP contribution in [0.2, 0.25) is 5.02 Å². The maximum Gasteiger partial charge on any atom is 0.417 e. The van der Waals surface area contributed by atoms with Crippen LogP contribution < -0.4 is 10.6 Å². The lowest BCUT2D eigenvalue weighted by Crippen LogP contribution is -2.24. The fraction of sp³-hybridized carbons (Fsp3) is 0.222. The number of alkyl halides is 3. The van der Waals surface area contributed by atoms with E-state index in [2.05, 4.69) is 10.6 Å². The van der Waals surface area contributed by atoms with Gasteiger partial charge >= 0.3 is 12.2 Å².